The van der Waals surface area contributed by atoms with Crippen LogP contribution in [0, 0.1) is 11.6 Å². The Morgan fingerprint density at radius 1 is 1.25 bits per heavy atom. The van der Waals surface area contributed by atoms with E-state index in [1.54, 1.807) is 6.92 Å². The Balaban J connectivity index is 2.93. The second kappa shape index (κ2) is 3.34. The van der Waals surface area contributed by atoms with Gasteiger partial charge in [-0.25, -0.2) is 8.78 Å². The van der Waals surface area contributed by atoms with Crippen LogP contribution in [0.15, 0.2) is 30.5 Å². The molecule has 0 aliphatic rings. The van der Waals surface area contributed by atoms with Gasteiger partial charge in [0.1, 0.15) is 17.4 Å². The van der Waals surface area contributed by atoms with Crippen LogP contribution in [0.2, 0.25) is 0 Å². The van der Waals surface area contributed by atoms with E-state index in [4.69, 9.17) is 4.74 Å². The molecule has 1 aromatic rings. The Morgan fingerprint density at radius 3 is 2.17 bits per heavy atom. The molecule has 0 unspecified atom stereocenters. The molecule has 0 amide bonds. The lowest BCUT2D eigenvalue weighted by Gasteiger charge is -2.03. The first-order valence-electron chi connectivity index (χ1n) is 3.37. The van der Waals surface area contributed by atoms with Crippen molar-refractivity contribution in [1.29, 1.82) is 0 Å². The molecule has 1 nitrogen and oxygen atoms in total. The summed E-state index contributed by atoms with van der Waals surface area (Å²) in [5.41, 5.74) is 0. The molecule has 0 radical (unpaired) electrons. The van der Waals surface area contributed by atoms with E-state index in [2.05, 4.69) is 6.58 Å². The number of hydrogen-bond acceptors (Lipinski definition) is 1. The Labute approximate surface area is 69.3 Å². The van der Waals surface area contributed by atoms with Crippen molar-refractivity contribution in [3.8, 4) is 5.75 Å². The smallest absolute Gasteiger partial charge is 0.132 e. The van der Waals surface area contributed by atoms with E-state index in [0.717, 1.165) is 18.2 Å². The lowest BCUT2D eigenvalue weighted by Crippen LogP contribution is -1.90. The van der Waals surface area contributed by atoms with E-state index >= 15 is 0 Å². The van der Waals surface area contributed by atoms with Gasteiger partial charge in [0.25, 0.3) is 0 Å². The Bertz CT molecular complexity index is 287. The second-order valence-corrected chi connectivity index (χ2v) is 2.41. The largest absolute Gasteiger partial charge is 0.462 e. The summed E-state index contributed by atoms with van der Waals surface area (Å²) in [5.74, 6) is -0.808. The highest BCUT2D eigenvalue weighted by Gasteiger charge is 2.00. The van der Waals surface area contributed by atoms with Crippen LogP contribution in [0.1, 0.15) is 6.92 Å². The zero-order valence-corrected chi connectivity index (χ0v) is 6.60. The van der Waals surface area contributed by atoms with Crippen molar-refractivity contribution in [3.63, 3.8) is 0 Å². The molecule has 64 valence electrons. The quantitative estimate of drug-likeness (QED) is 0.620. The summed E-state index contributed by atoms with van der Waals surface area (Å²) in [6, 6.07) is 2.97. The summed E-state index contributed by atoms with van der Waals surface area (Å²) in [6.07, 6.45) is 0. The summed E-state index contributed by atoms with van der Waals surface area (Å²) in [4.78, 5) is 0. The zero-order valence-electron chi connectivity index (χ0n) is 6.60. The highest BCUT2D eigenvalue weighted by atomic mass is 19.1. The standard InChI is InChI=1S/C9H8F2O/c1-6(2)12-9-4-7(10)3-8(11)5-9/h3-5H,1H2,2H3. The molecule has 0 aliphatic carbocycles. The van der Waals surface area contributed by atoms with Crippen LogP contribution in [0.5, 0.6) is 5.75 Å². The van der Waals surface area contributed by atoms with Gasteiger partial charge < -0.3 is 4.74 Å². The predicted octanol–water partition coefficient (Wildman–Crippen LogP) is 2.88. The molecule has 0 aliphatic heterocycles. The number of rotatable bonds is 2. The van der Waals surface area contributed by atoms with Crippen molar-refractivity contribution in [1.82, 2.24) is 0 Å². The maximum absolute atomic E-state index is 12.5. The molecule has 0 N–H and O–H groups in total. The van der Waals surface area contributed by atoms with Gasteiger partial charge in [0.05, 0.1) is 5.76 Å². The van der Waals surface area contributed by atoms with Crippen LogP contribution in [-0.4, -0.2) is 0 Å². The first-order valence-corrected chi connectivity index (χ1v) is 3.37. The minimum atomic E-state index is -0.661. The SMILES string of the molecule is C=C(C)Oc1cc(F)cc(F)c1. The van der Waals surface area contributed by atoms with E-state index in [0.29, 0.717) is 5.76 Å². The Kier molecular flexibility index (Phi) is 2.43. The van der Waals surface area contributed by atoms with Crippen LogP contribution < -0.4 is 4.74 Å². The molecule has 0 aromatic heterocycles. The van der Waals surface area contributed by atoms with Gasteiger partial charge in [-0.05, 0) is 6.92 Å². The van der Waals surface area contributed by atoms with Crippen LogP contribution in [0.4, 0.5) is 8.78 Å². The van der Waals surface area contributed by atoms with Gasteiger partial charge >= 0.3 is 0 Å². The molecule has 0 saturated carbocycles. The molecule has 1 rings (SSSR count). The second-order valence-electron chi connectivity index (χ2n) is 2.41. The van der Waals surface area contributed by atoms with E-state index in [1.165, 1.54) is 0 Å². The third-order valence-corrected chi connectivity index (χ3v) is 1.13. The van der Waals surface area contributed by atoms with Crippen LogP contribution in [0.25, 0.3) is 0 Å². The fourth-order valence-corrected chi connectivity index (χ4v) is 0.789. The molecule has 0 atom stereocenters. The highest BCUT2D eigenvalue weighted by molar-refractivity contribution is 5.25. The Morgan fingerprint density at radius 2 is 1.75 bits per heavy atom. The lowest BCUT2D eigenvalue weighted by atomic mass is 10.3. The molecule has 0 heterocycles. The van der Waals surface area contributed by atoms with Crippen LogP contribution >= 0.6 is 0 Å². The maximum Gasteiger partial charge on any atom is 0.132 e. The van der Waals surface area contributed by atoms with Crippen LogP contribution in [-0.2, 0) is 0 Å². The molecular weight excluding hydrogens is 162 g/mol. The molecular formula is C9H8F2O. The predicted molar refractivity (Wildman–Crippen MR) is 41.8 cm³/mol. The molecule has 3 heteroatoms. The van der Waals surface area contributed by atoms with E-state index < -0.39 is 11.6 Å². The summed E-state index contributed by atoms with van der Waals surface area (Å²) in [7, 11) is 0. The first-order chi connectivity index (χ1) is 5.58. The third-order valence-electron chi connectivity index (χ3n) is 1.13. The first kappa shape index (κ1) is 8.71. The van der Waals surface area contributed by atoms with Crippen molar-refractivity contribution >= 4 is 0 Å². The van der Waals surface area contributed by atoms with Crippen molar-refractivity contribution in [3.05, 3.63) is 42.2 Å². The molecule has 0 fully saturated rings. The summed E-state index contributed by atoms with van der Waals surface area (Å²) >= 11 is 0. The number of hydrogen-bond donors (Lipinski definition) is 0. The van der Waals surface area contributed by atoms with E-state index in [1.807, 2.05) is 0 Å². The molecule has 0 spiro atoms. The molecule has 12 heavy (non-hydrogen) atoms. The topological polar surface area (TPSA) is 9.23 Å². The van der Waals surface area contributed by atoms with Gasteiger partial charge in [-0.1, -0.05) is 6.58 Å². The minimum absolute atomic E-state index is 0.125. The lowest BCUT2D eigenvalue weighted by molar-refractivity contribution is 0.422. The Hall–Kier alpha value is -1.38. The van der Waals surface area contributed by atoms with Gasteiger partial charge in [-0.15, -0.1) is 0 Å². The molecule has 1 aromatic carbocycles. The van der Waals surface area contributed by atoms with Gasteiger partial charge in [0, 0.05) is 18.2 Å². The maximum atomic E-state index is 12.5. The van der Waals surface area contributed by atoms with Gasteiger partial charge in [-0.3, -0.25) is 0 Å². The summed E-state index contributed by atoms with van der Waals surface area (Å²) < 4.78 is 30.0. The number of halogens is 2. The monoisotopic (exact) mass is 170 g/mol. The average molecular weight is 170 g/mol. The molecule has 0 bridgehead atoms. The van der Waals surface area contributed by atoms with Gasteiger partial charge in [0.15, 0.2) is 0 Å². The normalized spacial score (nSPS) is 9.58. The van der Waals surface area contributed by atoms with Crippen molar-refractivity contribution in [2.24, 2.45) is 0 Å². The minimum Gasteiger partial charge on any atom is -0.462 e. The zero-order chi connectivity index (χ0) is 9.14. The fraction of sp³-hybridized carbons (Fsp3) is 0.111. The van der Waals surface area contributed by atoms with Crippen molar-refractivity contribution < 1.29 is 13.5 Å². The van der Waals surface area contributed by atoms with Crippen molar-refractivity contribution in [2.75, 3.05) is 0 Å². The highest BCUT2D eigenvalue weighted by Crippen LogP contribution is 2.16. The van der Waals surface area contributed by atoms with Crippen molar-refractivity contribution in [2.45, 2.75) is 6.92 Å². The number of benzene rings is 1. The fourth-order valence-electron chi connectivity index (χ4n) is 0.789. The van der Waals surface area contributed by atoms with E-state index in [9.17, 15) is 8.78 Å². The van der Waals surface area contributed by atoms with E-state index in [-0.39, 0.29) is 5.75 Å². The third kappa shape index (κ3) is 2.34. The molecule has 0 saturated heterocycles. The van der Waals surface area contributed by atoms with Crippen LogP contribution in [0.3, 0.4) is 0 Å². The van der Waals surface area contributed by atoms with Gasteiger partial charge in [0.2, 0.25) is 0 Å². The number of ether oxygens (including phenoxy) is 1. The number of allylic oxidation sites excluding steroid dienone is 1. The summed E-state index contributed by atoms with van der Waals surface area (Å²) in [6.45, 7) is 5.04. The summed E-state index contributed by atoms with van der Waals surface area (Å²) in [5, 5.41) is 0. The average Bonchev–Trinajstić information content (AvgIpc) is 1.81. The van der Waals surface area contributed by atoms with Gasteiger partial charge in [-0.2, -0.15) is 0 Å².